The highest BCUT2D eigenvalue weighted by Gasteiger charge is 2.52. The molecular weight excluding hydrogens is 1450 g/mol. The number of phenolic OH excluding ortho intramolecular Hbond substituents is 1. The fourth-order valence-corrected chi connectivity index (χ4v) is 16.2. The van der Waals surface area contributed by atoms with E-state index in [1.165, 1.54) is 35.7 Å². The Balaban J connectivity index is 0.946. The van der Waals surface area contributed by atoms with Gasteiger partial charge in [0.25, 0.3) is 0 Å². The Bertz CT molecular complexity index is 4080. The lowest BCUT2D eigenvalue weighted by Gasteiger charge is -2.46. The first-order chi connectivity index (χ1) is 53.1. The zero-order valence-electron chi connectivity index (χ0n) is 59.6. The van der Waals surface area contributed by atoms with E-state index in [0.717, 1.165) is 33.4 Å². The summed E-state index contributed by atoms with van der Waals surface area (Å²) >= 11 is 2.59. The zero-order chi connectivity index (χ0) is 78.3. The molecule has 0 unspecified atom stereocenters. The summed E-state index contributed by atoms with van der Waals surface area (Å²) in [6.07, 6.45) is -18.6. The van der Waals surface area contributed by atoms with Gasteiger partial charge in [0.1, 0.15) is 78.7 Å². The van der Waals surface area contributed by atoms with Gasteiger partial charge in [-0.3, -0.25) is 33.6 Å². The summed E-state index contributed by atoms with van der Waals surface area (Å²) in [6, 6.07) is 64.1. The van der Waals surface area contributed by atoms with Gasteiger partial charge in [0.15, 0.2) is 12.6 Å². The van der Waals surface area contributed by atoms with Crippen LogP contribution >= 0.6 is 23.5 Å². The van der Waals surface area contributed by atoms with Crippen molar-refractivity contribution < 1.29 is 93.4 Å². The molecule has 27 nitrogen and oxygen atoms in total. The zero-order valence-corrected chi connectivity index (χ0v) is 61.2. The molecule has 2 fully saturated rings. The van der Waals surface area contributed by atoms with E-state index < -0.39 is 175 Å². The quantitative estimate of drug-likeness (QED) is 0.0246. The SMILES string of the molecule is NC(=O)CNC(=O)[C@H](CO[C@@H]1O[C@H](CO)[C@@H](O[C@@H]2O[C@H](CO)[C@H](O)[C@H](O)[C@H]2O)[C@H](O)[C@H]1O)NC(=O)[C@@H](CSC(c1ccccc1)(c1ccccc1)c1ccccc1)NC(=O)[C@H](Cc1ccccc1)NC(=O)CNC(=O)[C@@H](CSC(c1ccccc1)(c1ccccc1)c1ccccc1)NC(=O)[C@@H](N)Cc1ccc(O)cc1. The van der Waals surface area contributed by atoms with Crippen molar-refractivity contribution in [3.63, 3.8) is 0 Å². The van der Waals surface area contributed by atoms with Crippen LogP contribution < -0.4 is 43.4 Å². The van der Waals surface area contributed by atoms with Crippen molar-refractivity contribution in [3.05, 3.63) is 281 Å². The number of nitrogens with one attached hydrogen (secondary N) is 6. The van der Waals surface area contributed by atoms with Gasteiger partial charge in [-0.25, -0.2) is 0 Å². The molecule has 18 N–H and O–H groups in total. The number of amides is 7. The number of aliphatic hydroxyl groups excluding tert-OH is 7. The molecule has 2 heterocycles. The summed E-state index contributed by atoms with van der Waals surface area (Å²) in [5, 5.41) is 101. The molecule has 0 saturated carbocycles. The highest BCUT2D eigenvalue weighted by atomic mass is 32.2. The van der Waals surface area contributed by atoms with E-state index in [0.29, 0.717) is 11.1 Å². The molecule has 0 bridgehead atoms. The van der Waals surface area contributed by atoms with Crippen LogP contribution in [-0.2, 0) is 74.8 Å². The van der Waals surface area contributed by atoms with Crippen molar-refractivity contribution in [1.29, 1.82) is 0 Å². The van der Waals surface area contributed by atoms with Gasteiger partial charge < -0.3 is 103 Å². The Hall–Kier alpha value is -9.93. The molecule has 29 heteroatoms. The van der Waals surface area contributed by atoms with Crippen molar-refractivity contribution in [2.75, 3.05) is 44.4 Å². The van der Waals surface area contributed by atoms with E-state index >= 15 is 9.59 Å². The molecule has 110 heavy (non-hydrogen) atoms. The second kappa shape index (κ2) is 39.6. The van der Waals surface area contributed by atoms with E-state index in [1.54, 1.807) is 42.5 Å². The fraction of sp³-hybridized carbons (Fsp3) is 0.321. The van der Waals surface area contributed by atoms with Crippen LogP contribution in [0.1, 0.15) is 44.5 Å². The van der Waals surface area contributed by atoms with E-state index in [-0.39, 0.29) is 30.1 Å². The molecule has 580 valence electrons. The van der Waals surface area contributed by atoms with Crippen LogP contribution in [0, 0.1) is 0 Å². The summed E-state index contributed by atoms with van der Waals surface area (Å²) in [6.45, 7) is -4.24. The minimum Gasteiger partial charge on any atom is -0.508 e. The van der Waals surface area contributed by atoms with Crippen molar-refractivity contribution >= 4 is 64.9 Å². The first-order valence-corrected chi connectivity index (χ1v) is 37.5. The molecule has 0 radical (unpaired) electrons. The average molecular weight is 1540 g/mol. The lowest BCUT2D eigenvalue weighted by Crippen LogP contribution is -2.65. The van der Waals surface area contributed by atoms with Gasteiger partial charge in [0, 0.05) is 17.9 Å². The standard InChI is InChI=1S/C81H90N8O19S2/c82-58(40-50-36-38-57(92)39-37-50)73(100)88-61(47-109-80(51-24-10-2-11-25-51,52-26-12-3-13-27-52)53-28-14-4-15-29-53)75(102)85-43-66(94)86-59(41-49-22-8-1-9-23-49)76(103)89-62(48-110-81(54-30-16-5-17-31-54,55-32-18-6-19-33-55)56-34-20-7-21-35-56)77(104)87-60(74(101)84-42-65(83)93)46-105-78-71(99)69(97)72(64(45-91)107-78)108-79-70(98)68(96)67(95)63(44-90)106-79/h1-39,58-64,67-72,78-79,90-92,95-99H,40-48,82H2,(H2,83,93)(H,84,101)(H,85,102)(H,86,94)(H,87,104)(H,88,100)(H,89,103)/t58-,59-,60-,61+,62+,63+,64+,67-,68-,69+,70+,71+,72+,78+,79-/m0/s1. The molecule has 10 rings (SSSR count). The number of thioether (sulfide) groups is 2. The lowest BCUT2D eigenvalue weighted by atomic mass is 9.84. The van der Waals surface area contributed by atoms with Gasteiger partial charge in [0.05, 0.1) is 48.4 Å². The molecule has 8 aromatic carbocycles. The number of aromatic hydroxyl groups is 1. The lowest BCUT2D eigenvalue weighted by molar-refractivity contribution is -0.359. The molecule has 0 aromatic heterocycles. The second-order valence-electron chi connectivity index (χ2n) is 26.4. The second-order valence-corrected chi connectivity index (χ2v) is 28.9. The predicted octanol–water partition coefficient (Wildman–Crippen LogP) is 1.25. The number of carbonyl (C=O) groups excluding carboxylic acids is 7. The van der Waals surface area contributed by atoms with Crippen molar-refractivity contribution in [2.45, 2.75) is 114 Å². The van der Waals surface area contributed by atoms with E-state index in [2.05, 4.69) is 31.9 Å². The molecule has 0 aliphatic carbocycles. The maximum absolute atomic E-state index is 15.6. The summed E-state index contributed by atoms with van der Waals surface area (Å²) in [5.41, 5.74) is 18.0. The van der Waals surface area contributed by atoms with Gasteiger partial charge in [0.2, 0.25) is 41.4 Å². The molecule has 15 atom stereocenters. The van der Waals surface area contributed by atoms with Crippen LogP contribution in [0.3, 0.4) is 0 Å². The van der Waals surface area contributed by atoms with Gasteiger partial charge in [-0.2, -0.15) is 0 Å². The predicted molar refractivity (Wildman–Crippen MR) is 409 cm³/mol. The Labute approximate surface area is 643 Å². The largest absolute Gasteiger partial charge is 0.508 e. The van der Waals surface area contributed by atoms with Crippen molar-refractivity contribution in [2.24, 2.45) is 11.5 Å². The summed E-state index contributed by atoms with van der Waals surface area (Å²) in [5.74, 6) is -6.86. The van der Waals surface area contributed by atoms with Gasteiger partial charge in [-0.1, -0.05) is 224 Å². The Morgan fingerprint density at radius 1 is 0.418 bits per heavy atom. The highest BCUT2D eigenvalue weighted by molar-refractivity contribution is 8.01. The molecule has 2 aliphatic heterocycles. The molecule has 2 aliphatic rings. The number of ether oxygens (including phenoxy) is 4. The van der Waals surface area contributed by atoms with Gasteiger partial charge in [-0.05, 0) is 63.1 Å². The Morgan fingerprint density at radius 2 is 0.800 bits per heavy atom. The number of nitrogens with two attached hydrogens (primary N) is 2. The third kappa shape index (κ3) is 20.7. The topological polar surface area (TPSA) is 442 Å². The minimum absolute atomic E-state index is 0.00915. The number of hydrogen-bond donors (Lipinski definition) is 16. The Kier molecular flexibility index (Phi) is 29.7. The van der Waals surface area contributed by atoms with Crippen LogP contribution in [0.5, 0.6) is 5.75 Å². The fourth-order valence-electron chi connectivity index (χ4n) is 13.1. The van der Waals surface area contributed by atoms with Gasteiger partial charge >= 0.3 is 0 Å². The van der Waals surface area contributed by atoms with Crippen LogP contribution in [0.4, 0.5) is 0 Å². The third-order valence-corrected chi connectivity index (χ3v) is 22.1. The molecule has 0 spiro atoms. The van der Waals surface area contributed by atoms with Gasteiger partial charge in [-0.15, -0.1) is 23.5 Å². The number of primary amides is 1. The van der Waals surface area contributed by atoms with Crippen LogP contribution in [-0.4, -0.2) is 218 Å². The number of aliphatic hydroxyl groups is 7. The average Bonchev–Trinajstić information content (AvgIpc) is 0.761. The number of carbonyl (C=O) groups is 7. The summed E-state index contributed by atoms with van der Waals surface area (Å²) < 4.78 is 20.8. The number of benzene rings is 8. The maximum Gasteiger partial charge on any atom is 0.245 e. The highest BCUT2D eigenvalue weighted by Crippen LogP contribution is 2.50. The number of hydrogen-bond acceptors (Lipinski definition) is 22. The van der Waals surface area contributed by atoms with Crippen LogP contribution in [0.15, 0.2) is 237 Å². The molecule has 8 aromatic rings. The molecular formula is C81H90N8O19S2. The first-order valence-electron chi connectivity index (χ1n) is 35.6. The molecule has 7 amide bonds. The number of rotatable bonds is 36. The number of phenols is 1. The van der Waals surface area contributed by atoms with E-state index in [1.807, 2.05) is 182 Å². The van der Waals surface area contributed by atoms with E-state index in [9.17, 15) is 64.8 Å². The molecule has 2 saturated heterocycles. The maximum atomic E-state index is 15.6. The van der Waals surface area contributed by atoms with Crippen LogP contribution in [0.25, 0.3) is 0 Å². The van der Waals surface area contributed by atoms with Crippen molar-refractivity contribution in [1.82, 2.24) is 31.9 Å². The smallest absolute Gasteiger partial charge is 0.245 e. The summed E-state index contributed by atoms with van der Waals surface area (Å²) in [4.78, 5) is 102. The normalized spacial score (nSPS) is 21.3. The van der Waals surface area contributed by atoms with Crippen molar-refractivity contribution in [3.8, 4) is 5.75 Å². The Morgan fingerprint density at radius 3 is 1.25 bits per heavy atom. The van der Waals surface area contributed by atoms with E-state index in [4.69, 9.17) is 30.4 Å². The monoisotopic (exact) mass is 1540 g/mol. The minimum atomic E-state index is -2.10. The summed E-state index contributed by atoms with van der Waals surface area (Å²) in [7, 11) is 0. The third-order valence-electron chi connectivity index (χ3n) is 18.8. The first kappa shape index (κ1) is 82.6. The van der Waals surface area contributed by atoms with Crippen LogP contribution in [0.2, 0.25) is 0 Å².